The van der Waals surface area contributed by atoms with E-state index >= 15 is 0 Å². The Kier molecular flexibility index (Phi) is 7.52. The van der Waals surface area contributed by atoms with Crippen LogP contribution in [0.15, 0.2) is 42.5 Å². The Labute approximate surface area is 189 Å². The summed E-state index contributed by atoms with van der Waals surface area (Å²) in [5.41, 5.74) is 2.28. The number of aliphatic hydroxyl groups is 1. The third kappa shape index (κ3) is 5.73. The molecule has 0 amide bonds. The molecule has 2 aromatic rings. The monoisotopic (exact) mass is 440 g/mol. The summed E-state index contributed by atoms with van der Waals surface area (Å²) in [5.74, 6) is 2.97. The molecule has 4 rings (SSSR count). The van der Waals surface area contributed by atoms with Gasteiger partial charge in [0.15, 0.2) is 23.0 Å². The Morgan fingerprint density at radius 2 is 1.78 bits per heavy atom. The smallest absolute Gasteiger partial charge is 0.231 e. The fourth-order valence-corrected chi connectivity index (χ4v) is 4.06. The van der Waals surface area contributed by atoms with Crippen LogP contribution in [0.5, 0.6) is 23.0 Å². The van der Waals surface area contributed by atoms with Crippen LogP contribution >= 0.6 is 0 Å². The first-order valence-electron chi connectivity index (χ1n) is 11.1. The number of nitrogens with zero attached hydrogens (tertiary/aromatic N) is 2. The molecule has 2 heterocycles. The first-order valence-corrected chi connectivity index (χ1v) is 11.1. The molecule has 0 aromatic heterocycles. The molecule has 7 nitrogen and oxygen atoms in total. The first kappa shape index (κ1) is 22.5. The number of rotatable bonds is 9. The number of hydrogen-bond acceptors (Lipinski definition) is 7. The van der Waals surface area contributed by atoms with Crippen molar-refractivity contribution in [3.63, 3.8) is 0 Å². The zero-order chi connectivity index (χ0) is 22.3. The van der Waals surface area contributed by atoms with Gasteiger partial charge in [0, 0.05) is 39.3 Å². The number of ether oxygens (including phenoxy) is 4. The minimum absolute atomic E-state index is 0.233. The summed E-state index contributed by atoms with van der Waals surface area (Å²) in [6.45, 7) is 7.76. The largest absolute Gasteiger partial charge is 0.493 e. The highest BCUT2D eigenvalue weighted by Gasteiger charge is 2.21. The lowest BCUT2D eigenvalue weighted by Gasteiger charge is -2.35. The van der Waals surface area contributed by atoms with Crippen molar-refractivity contribution in [3.05, 3.63) is 53.6 Å². The molecule has 7 heteroatoms. The minimum atomic E-state index is -0.560. The van der Waals surface area contributed by atoms with Crippen LogP contribution in [0.25, 0.3) is 6.08 Å². The molecule has 1 N–H and O–H groups in total. The Morgan fingerprint density at radius 3 is 2.56 bits per heavy atom. The fourth-order valence-electron chi connectivity index (χ4n) is 4.06. The number of benzene rings is 2. The lowest BCUT2D eigenvalue weighted by Crippen LogP contribution is -2.48. The summed E-state index contributed by atoms with van der Waals surface area (Å²) in [6, 6.07) is 11.9. The van der Waals surface area contributed by atoms with Crippen LogP contribution in [-0.4, -0.2) is 74.2 Å². The first-order chi connectivity index (χ1) is 15.6. The van der Waals surface area contributed by atoms with Crippen LogP contribution in [0, 0.1) is 0 Å². The molecule has 2 aliphatic rings. The molecule has 1 atom stereocenters. The number of β-amino-alcohol motifs (C(OH)–C–C–N with tert-alkyl or cyclic N) is 1. The maximum Gasteiger partial charge on any atom is 0.231 e. The number of methoxy groups -OCH3 is 1. The van der Waals surface area contributed by atoms with Gasteiger partial charge < -0.3 is 24.1 Å². The zero-order valence-electron chi connectivity index (χ0n) is 18.8. The molecule has 2 aliphatic heterocycles. The summed E-state index contributed by atoms with van der Waals surface area (Å²) in [5, 5.41) is 10.5. The number of fused-ring (bicyclic) bond motifs is 1. The second-order valence-electron chi connectivity index (χ2n) is 8.14. The predicted molar refractivity (Wildman–Crippen MR) is 123 cm³/mol. The van der Waals surface area contributed by atoms with Crippen LogP contribution in [-0.2, 0) is 6.54 Å². The summed E-state index contributed by atoms with van der Waals surface area (Å²) >= 11 is 0. The van der Waals surface area contributed by atoms with E-state index in [4.69, 9.17) is 18.9 Å². The number of hydrogen-bond donors (Lipinski definition) is 1. The molecule has 0 bridgehead atoms. The van der Waals surface area contributed by atoms with Gasteiger partial charge in [0.25, 0.3) is 0 Å². The Morgan fingerprint density at radius 1 is 1.00 bits per heavy atom. The maximum atomic E-state index is 10.5. The van der Waals surface area contributed by atoms with Gasteiger partial charge in [-0.2, -0.15) is 0 Å². The third-order valence-electron chi connectivity index (χ3n) is 5.76. The highest BCUT2D eigenvalue weighted by Crippen LogP contribution is 2.33. The summed E-state index contributed by atoms with van der Waals surface area (Å²) < 4.78 is 22.1. The number of piperazine rings is 1. The second kappa shape index (κ2) is 10.7. The van der Waals surface area contributed by atoms with Gasteiger partial charge in [-0.25, -0.2) is 0 Å². The van der Waals surface area contributed by atoms with Crippen molar-refractivity contribution in [3.8, 4) is 23.0 Å². The van der Waals surface area contributed by atoms with E-state index in [1.165, 1.54) is 5.56 Å². The van der Waals surface area contributed by atoms with E-state index in [2.05, 4.69) is 21.9 Å². The maximum absolute atomic E-state index is 10.5. The standard InChI is InChI=1S/C25H32N2O5/c1-3-4-19-5-7-22(24(13-19)29-2)30-17-21(28)16-27-11-9-26(10-12-27)15-20-6-8-23-25(14-20)32-18-31-23/h3-8,13-14,21,28H,9-12,15-18H2,1-2H3/b4-3+/t21-/m0/s1. The van der Waals surface area contributed by atoms with Crippen LogP contribution in [0.1, 0.15) is 18.1 Å². The number of aliphatic hydroxyl groups excluding tert-OH is 1. The van der Waals surface area contributed by atoms with Crippen molar-refractivity contribution in [1.29, 1.82) is 0 Å². The van der Waals surface area contributed by atoms with E-state index in [0.717, 1.165) is 49.8 Å². The van der Waals surface area contributed by atoms with Crippen LogP contribution in [0.4, 0.5) is 0 Å². The minimum Gasteiger partial charge on any atom is -0.493 e. The van der Waals surface area contributed by atoms with E-state index in [1.54, 1.807) is 7.11 Å². The van der Waals surface area contributed by atoms with E-state index < -0.39 is 6.10 Å². The molecule has 1 saturated heterocycles. The predicted octanol–water partition coefficient (Wildman–Crippen LogP) is 3.01. The van der Waals surface area contributed by atoms with Gasteiger partial charge in [0.1, 0.15) is 12.7 Å². The average Bonchev–Trinajstić information content (AvgIpc) is 3.27. The summed E-state index contributed by atoms with van der Waals surface area (Å²) in [6.07, 6.45) is 3.43. The van der Waals surface area contributed by atoms with E-state index in [-0.39, 0.29) is 6.61 Å². The molecule has 0 saturated carbocycles. The molecule has 0 unspecified atom stereocenters. The number of allylic oxidation sites excluding steroid dienone is 1. The summed E-state index contributed by atoms with van der Waals surface area (Å²) in [7, 11) is 1.63. The van der Waals surface area contributed by atoms with Gasteiger partial charge in [0.05, 0.1) is 7.11 Å². The van der Waals surface area contributed by atoms with E-state index in [1.807, 2.05) is 43.3 Å². The van der Waals surface area contributed by atoms with Crippen LogP contribution in [0.3, 0.4) is 0 Å². The fraction of sp³-hybridized carbons (Fsp3) is 0.440. The van der Waals surface area contributed by atoms with Gasteiger partial charge in [-0.3, -0.25) is 9.80 Å². The van der Waals surface area contributed by atoms with Crippen LogP contribution < -0.4 is 18.9 Å². The van der Waals surface area contributed by atoms with Crippen molar-refractivity contribution < 1.29 is 24.1 Å². The zero-order valence-corrected chi connectivity index (χ0v) is 18.8. The highest BCUT2D eigenvalue weighted by molar-refractivity contribution is 5.55. The van der Waals surface area contributed by atoms with Gasteiger partial charge in [0.2, 0.25) is 6.79 Å². The summed E-state index contributed by atoms with van der Waals surface area (Å²) in [4.78, 5) is 4.71. The van der Waals surface area contributed by atoms with Gasteiger partial charge >= 0.3 is 0 Å². The molecular formula is C25H32N2O5. The normalized spacial score (nSPS) is 17.6. The van der Waals surface area contributed by atoms with E-state index in [9.17, 15) is 5.11 Å². The Hall–Kier alpha value is -2.74. The van der Waals surface area contributed by atoms with Crippen molar-refractivity contribution >= 4 is 6.08 Å². The Balaban J connectivity index is 1.20. The topological polar surface area (TPSA) is 63.6 Å². The van der Waals surface area contributed by atoms with Crippen LogP contribution in [0.2, 0.25) is 0 Å². The lowest BCUT2D eigenvalue weighted by molar-refractivity contribution is 0.0440. The van der Waals surface area contributed by atoms with Crippen molar-refractivity contribution in [2.75, 3.05) is 53.2 Å². The van der Waals surface area contributed by atoms with E-state index in [0.29, 0.717) is 24.8 Å². The molecule has 0 spiro atoms. The van der Waals surface area contributed by atoms with Crippen molar-refractivity contribution in [2.45, 2.75) is 19.6 Å². The molecule has 1 fully saturated rings. The van der Waals surface area contributed by atoms with Crippen molar-refractivity contribution in [1.82, 2.24) is 9.80 Å². The lowest BCUT2D eigenvalue weighted by atomic mass is 10.1. The van der Waals surface area contributed by atoms with Gasteiger partial charge in [-0.05, 0) is 42.3 Å². The molecule has 32 heavy (non-hydrogen) atoms. The van der Waals surface area contributed by atoms with Gasteiger partial charge in [-0.1, -0.05) is 24.3 Å². The molecule has 0 aliphatic carbocycles. The molecule has 2 aromatic carbocycles. The average molecular weight is 441 g/mol. The second-order valence-corrected chi connectivity index (χ2v) is 8.14. The van der Waals surface area contributed by atoms with Gasteiger partial charge in [-0.15, -0.1) is 0 Å². The quantitative estimate of drug-likeness (QED) is 0.643. The molecular weight excluding hydrogens is 408 g/mol. The SMILES string of the molecule is C/C=C/c1ccc(OC[C@@H](O)CN2CCN(Cc3ccc4c(c3)OCO4)CC2)c(OC)c1. The molecule has 172 valence electrons. The van der Waals surface area contributed by atoms with Crippen molar-refractivity contribution in [2.24, 2.45) is 0 Å². The Bertz CT molecular complexity index is 925. The highest BCUT2D eigenvalue weighted by atomic mass is 16.7. The third-order valence-corrected chi connectivity index (χ3v) is 5.76. The molecule has 0 radical (unpaired) electrons.